The van der Waals surface area contributed by atoms with E-state index in [1.165, 1.54) is 17.3 Å². The van der Waals surface area contributed by atoms with Crippen molar-refractivity contribution in [3.05, 3.63) is 82.7 Å². The minimum atomic E-state index is -0.193. The molecule has 0 aliphatic carbocycles. The van der Waals surface area contributed by atoms with Crippen LogP contribution in [0, 0.1) is 12.7 Å². The van der Waals surface area contributed by atoms with Crippen LogP contribution in [0.3, 0.4) is 0 Å². The van der Waals surface area contributed by atoms with Gasteiger partial charge in [-0.2, -0.15) is 5.10 Å². The summed E-state index contributed by atoms with van der Waals surface area (Å²) >= 11 is 0. The highest BCUT2D eigenvalue weighted by Gasteiger charge is 2.24. The summed E-state index contributed by atoms with van der Waals surface area (Å²) in [5.74, 6) is -0.193. The van der Waals surface area contributed by atoms with Gasteiger partial charge in [-0.3, -0.25) is 14.6 Å². The zero-order valence-electron chi connectivity index (χ0n) is 16.3. The van der Waals surface area contributed by atoms with Gasteiger partial charge in [0.15, 0.2) is 0 Å². The number of benzene rings is 1. The maximum absolute atomic E-state index is 14.0. The van der Waals surface area contributed by atoms with Crippen molar-refractivity contribution in [2.45, 2.75) is 26.0 Å². The number of pyridine rings is 1. The van der Waals surface area contributed by atoms with Crippen LogP contribution in [0.25, 0.3) is 0 Å². The van der Waals surface area contributed by atoms with E-state index in [4.69, 9.17) is 9.72 Å². The Hall–Kier alpha value is -2.57. The van der Waals surface area contributed by atoms with Crippen LogP contribution in [-0.4, -0.2) is 39.4 Å². The summed E-state index contributed by atoms with van der Waals surface area (Å²) in [5.41, 5.74) is 4.84. The van der Waals surface area contributed by atoms with Gasteiger partial charge >= 0.3 is 0 Å². The van der Waals surface area contributed by atoms with Gasteiger partial charge in [0.1, 0.15) is 11.9 Å². The van der Waals surface area contributed by atoms with E-state index >= 15 is 0 Å². The van der Waals surface area contributed by atoms with Crippen molar-refractivity contribution >= 4 is 0 Å². The largest absolute Gasteiger partial charge is 0.369 e. The number of halogens is 1. The van der Waals surface area contributed by atoms with E-state index in [2.05, 4.69) is 16.9 Å². The highest BCUT2D eigenvalue weighted by Crippen LogP contribution is 2.23. The number of aromatic nitrogens is 3. The van der Waals surface area contributed by atoms with Crippen LogP contribution < -0.4 is 0 Å². The Kier molecular flexibility index (Phi) is 5.50. The van der Waals surface area contributed by atoms with Gasteiger partial charge in [0.2, 0.25) is 0 Å². The normalized spacial score (nSPS) is 17.8. The summed E-state index contributed by atoms with van der Waals surface area (Å²) in [4.78, 5) is 7.14. The molecule has 1 aromatic carbocycles. The van der Waals surface area contributed by atoms with Gasteiger partial charge in [-0.15, -0.1) is 0 Å². The van der Waals surface area contributed by atoms with Gasteiger partial charge < -0.3 is 4.74 Å². The first-order valence-electron chi connectivity index (χ1n) is 9.61. The Morgan fingerprint density at radius 2 is 2.00 bits per heavy atom. The van der Waals surface area contributed by atoms with Crippen LogP contribution in [0.4, 0.5) is 4.39 Å². The van der Waals surface area contributed by atoms with Crippen LogP contribution in [0.2, 0.25) is 0 Å². The fraction of sp³-hybridized carbons (Fsp3) is 0.364. The average molecular weight is 380 g/mol. The molecule has 1 atom stereocenters. The second kappa shape index (κ2) is 8.20. The lowest BCUT2D eigenvalue weighted by Crippen LogP contribution is -2.38. The van der Waals surface area contributed by atoms with Crippen molar-refractivity contribution in [3.63, 3.8) is 0 Å². The van der Waals surface area contributed by atoms with Gasteiger partial charge in [0, 0.05) is 50.1 Å². The molecule has 0 saturated carbocycles. The Morgan fingerprint density at radius 3 is 2.79 bits per heavy atom. The van der Waals surface area contributed by atoms with E-state index < -0.39 is 0 Å². The Bertz CT molecular complexity index is 955. The molecular weight excluding hydrogens is 355 g/mol. The monoisotopic (exact) mass is 380 g/mol. The molecule has 0 radical (unpaired) electrons. The second-order valence-electron chi connectivity index (χ2n) is 7.30. The Morgan fingerprint density at radius 1 is 1.14 bits per heavy atom. The maximum atomic E-state index is 14.0. The lowest BCUT2D eigenvalue weighted by Gasteiger charge is -2.32. The molecule has 0 amide bonds. The van der Waals surface area contributed by atoms with Crippen molar-refractivity contribution in [1.29, 1.82) is 0 Å². The van der Waals surface area contributed by atoms with Crippen LogP contribution >= 0.6 is 0 Å². The Labute approximate surface area is 164 Å². The molecule has 2 aromatic heterocycles. The predicted molar refractivity (Wildman–Crippen MR) is 105 cm³/mol. The molecule has 4 rings (SSSR count). The number of morpholine rings is 1. The second-order valence-corrected chi connectivity index (χ2v) is 7.30. The highest BCUT2D eigenvalue weighted by molar-refractivity contribution is 5.25. The first-order valence-corrected chi connectivity index (χ1v) is 9.61. The number of rotatable bonds is 5. The predicted octanol–water partition coefficient (Wildman–Crippen LogP) is 3.43. The molecular formula is C22H25FN4O. The standard InChI is InChI=1S/C22H25FN4O/c1-16-18(13-24-26(16)2)14-27-10-11-28-22(15-27)21-9-5-7-19(25-21)12-17-6-3-4-8-20(17)23/h3-9,13,22H,10-12,14-15H2,1-2H3/t22-/m0/s1. The molecule has 6 heteroatoms. The van der Waals surface area contributed by atoms with Gasteiger partial charge in [0.05, 0.1) is 18.5 Å². The minimum absolute atomic E-state index is 0.0775. The smallest absolute Gasteiger partial charge is 0.126 e. The molecule has 3 heterocycles. The third-order valence-electron chi connectivity index (χ3n) is 5.37. The first-order chi connectivity index (χ1) is 13.6. The summed E-state index contributed by atoms with van der Waals surface area (Å²) in [5, 5.41) is 4.33. The topological polar surface area (TPSA) is 43.2 Å². The van der Waals surface area contributed by atoms with Crippen molar-refractivity contribution < 1.29 is 9.13 Å². The van der Waals surface area contributed by atoms with E-state index in [0.29, 0.717) is 18.6 Å². The molecule has 1 aliphatic heterocycles. The summed E-state index contributed by atoms with van der Waals surface area (Å²) in [6.45, 7) is 5.29. The lowest BCUT2D eigenvalue weighted by molar-refractivity contribution is -0.0351. The van der Waals surface area contributed by atoms with Crippen molar-refractivity contribution in [3.8, 4) is 0 Å². The number of aryl methyl sites for hydroxylation is 1. The van der Waals surface area contributed by atoms with Gasteiger partial charge in [-0.1, -0.05) is 24.3 Å². The zero-order valence-corrected chi connectivity index (χ0v) is 16.3. The third-order valence-corrected chi connectivity index (χ3v) is 5.37. The van der Waals surface area contributed by atoms with E-state index in [9.17, 15) is 4.39 Å². The number of nitrogens with zero attached hydrogens (tertiary/aromatic N) is 4. The number of ether oxygens (including phenoxy) is 1. The molecule has 146 valence electrons. The van der Waals surface area contributed by atoms with E-state index in [0.717, 1.165) is 31.0 Å². The van der Waals surface area contributed by atoms with E-state index in [1.807, 2.05) is 42.2 Å². The van der Waals surface area contributed by atoms with Crippen LogP contribution in [-0.2, 0) is 24.8 Å². The summed E-state index contributed by atoms with van der Waals surface area (Å²) in [6.07, 6.45) is 2.34. The van der Waals surface area contributed by atoms with Crippen molar-refractivity contribution in [2.75, 3.05) is 19.7 Å². The van der Waals surface area contributed by atoms with Gasteiger partial charge in [-0.05, 0) is 30.7 Å². The number of hydrogen-bond acceptors (Lipinski definition) is 4. The minimum Gasteiger partial charge on any atom is -0.369 e. The molecule has 1 aliphatic rings. The van der Waals surface area contributed by atoms with E-state index in [1.54, 1.807) is 12.1 Å². The first kappa shape index (κ1) is 18.8. The molecule has 3 aromatic rings. The van der Waals surface area contributed by atoms with Crippen molar-refractivity contribution in [2.24, 2.45) is 7.05 Å². The third kappa shape index (κ3) is 4.13. The zero-order chi connectivity index (χ0) is 19.5. The van der Waals surface area contributed by atoms with Crippen LogP contribution in [0.5, 0.6) is 0 Å². The lowest BCUT2D eigenvalue weighted by atomic mass is 10.1. The van der Waals surface area contributed by atoms with Crippen LogP contribution in [0.1, 0.15) is 34.3 Å². The Balaban J connectivity index is 1.46. The SMILES string of the molecule is Cc1c(CN2CCO[C@H](c3cccc(Cc4ccccc4F)n3)C2)cnn1C. The maximum Gasteiger partial charge on any atom is 0.126 e. The summed E-state index contributed by atoms with van der Waals surface area (Å²) < 4.78 is 21.9. The molecule has 1 saturated heterocycles. The fourth-order valence-electron chi connectivity index (χ4n) is 3.58. The molecule has 0 unspecified atom stereocenters. The molecule has 5 nitrogen and oxygen atoms in total. The quantitative estimate of drug-likeness (QED) is 0.680. The molecule has 0 bridgehead atoms. The molecule has 1 fully saturated rings. The fourth-order valence-corrected chi connectivity index (χ4v) is 3.58. The van der Waals surface area contributed by atoms with Crippen LogP contribution in [0.15, 0.2) is 48.7 Å². The molecule has 28 heavy (non-hydrogen) atoms. The number of hydrogen-bond donors (Lipinski definition) is 0. The molecule has 0 spiro atoms. The van der Waals surface area contributed by atoms with Gasteiger partial charge in [-0.25, -0.2) is 4.39 Å². The highest BCUT2D eigenvalue weighted by atomic mass is 19.1. The summed E-state index contributed by atoms with van der Waals surface area (Å²) in [6, 6.07) is 12.8. The van der Waals surface area contributed by atoms with E-state index in [-0.39, 0.29) is 11.9 Å². The molecule has 0 N–H and O–H groups in total. The summed E-state index contributed by atoms with van der Waals surface area (Å²) in [7, 11) is 1.96. The van der Waals surface area contributed by atoms with Crippen molar-refractivity contribution in [1.82, 2.24) is 19.7 Å². The average Bonchev–Trinajstić information content (AvgIpc) is 3.02. The van der Waals surface area contributed by atoms with Gasteiger partial charge in [0.25, 0.3) is 0 Å².